The van der Waals surface area contributed by atoms with Gasteiger partial charge in [-0.05, 0) is 0 Å². The minimum Gasteiger partial charge on any atom is -0.313 e. The summed E-state index contributed by atoms with van der Waals surface area (Å²) in [6.07, 6.45) is 0. The van der Waals surface area contributed by atoms with Gasteiger partial charge in [0.2, 0.25) is 0 Å². The number of nitrogens with zero attached hydrogens (tertiary/aromatic N) is 2. The molecule has 0 radical (unpaired) electrons. The molecule has 0 spiro atoms. The van der Waals surface area contributed by atoms with Gasteiger partial charge in [0.25, 0.3) is 0 Å². The summed E-state index contributed by atoms with van der Waals surface area (Å²) >= 11 is 0. The van der Waals surface area contributed by atoms with E-state index in [2.05, 4.69) is 4.31 Å². The van der Waals surface area contributed by atoms with E-state index >= 15 is 0 Å². The van der Waals surface area contributed by atoms with Crippen molar-refractivity contribution >= 4 is 23.0 Å². The van der Waals surface area contributed by atoms with Crippen LogP contribution in [0.4, 0.5) is 0 Å². The van der Waals surface area contributed by atoms with Gasteiger partial charge < -0.3 is 24.5 Å². The topological polar surface area (TPSA) is 209 Å². The maximum Gasteiger partial charge on any atom is 0.466 e. The molecule has 0 aliphatic carbocycles. The molecule has 0 heterocycles. The Labute approximate surface area is 88.5 Å². The van der Waals surface area contributed by atoms with E-state index in [4.69, 9.17) is 39.6 Å². The lowest BCUT2D eigenvalue weighted by Crippen LogP contribution is -1.82. The second-order valence-corrected chi connectivity index (χ2v) is 6.00. The van der Waals surface area contributed by atoms with Crippen LogP contribution >= 0.6 is 23.0 Å². The van der Waals surface area contributed by atoms with Crippen LogP contribution in [-0.4, -0.2) is 24.5 Å². The molecular weight excluding hydrogens is 289 g/mol. The van der Waals surface area contributed by atoms with Gasteiger partial charge in [-0.25, -0.2) is 18.0 Å². The first-order valence-electron chi connectivity index (χ1n) is 2.81. The van der Waals surface area contributed by atoms with Gasteiger partial charge in [0.1, 0.15) is 0 Å². The molecule has 0 fully saturated rings. The Morgan fingerprint density at radius 1 is 0.812 bits per heavy atom. The lowest BCUT2D eigenvalue weighted by Gasteiger charge is -2.02. The van der Waals surface area contributed by atoms with Crippen molar-refractivity contribution in [3.05, 3.63) is 0 Å². The van der Waals surface area contributed by atoms with E-state index in [9.17, 15) is 9.13 Å². The maximum absolute atomic E-state index is 10.2. The van der Waals surface area contributed by atoms with Crippen molar-refractivity contribution in [3.63, 3.8) is 0 Å². The third-order valence-electron chi connectivity index (χ3n) is 0.474. The van der Waals surface area contributed by atoms with Crippen molar-refractivity contribution in [2.24, 2.45) is 0 Å². The van der Waals surface area contributed by atoms with E-state index in [0.29, 0.717) is 0 Å². The summed E-state index contributed by atoms with van der Waals surface area (Å²) in [5.74, 6) is 1.47. The average molecular weight is 294 g/mol. The largest absolute Gasteiger partial charge is 0.466 e. The van der Waals surface area contributed by atoms with E-state index in [1.165, 1.54) is 0 Å². The Morgan fingerprint density at radius 2 is 1.00 bits per heavy atom. The van der Waals surface area contributed by atoms with Crippen molar-refractivity contribution in [1.29, 1.82) is 10.5 Å². The number of phosphoric acid groups is 1. The SMILES string of the molecule is N#CP(=O)(O)OP(=O)(O)C#N.O=P(O)(O)O. The molecule has 0 aromatic heterocycles. The molecule has 0 aromatic rings. The minimum absolute atomic E-state index is 0.737. The second-order valence-electron chi connectivity index (χ2n) is 1.84. The van der Waals surface area contributed by atoms with Gasteiger partial charge in [-0.1, -0.05) is 0 Å². The van der Waals surface area contributed by atoms with E-state index in [1.807, 2.05) is 0 Å². The monoisotopic (exact) mass is 294 g/mol. The molecule has 0 aromatic carbocycles. The minimum atomic E-state index is -4.74. The molecule has 0 aliphatic rings. The molecule has 92 valence electrons. The summed E-state index contributed by atoms with van der Waals surface area (Å²) in [4.78, 5) is 38.1. The van der Waals surface area contributed by atoms with Crippen molar-refractivity contribution in [3.8, 4) is 11.6 Å². The van der Waals surface area contributed by atoms with Gasteiger partial charge in [0.15, 0.2) is 11.6 Å². The van der Waals surface area contributed by atoms with Crippen molar-refractivity contribution in [1.82, 2.24) is 0 Å². The molecular formula is C2H5N2O9P3. The van der Waals surface area contributed by atoms with Gasteiger partial charge in [0, 0.05) is 0 Å². The molecule has 0 saturated carbocycles. The molecule has 0 bridgehead atoms. The highest BCUT2D eigenvalue weighted by atomic mass is 31.3. The first-order chi connectivity index (χ1) is 6.83. The Morgan fingerprint density at radius 3 is 1.12 bits per heavy atom. The first-order valence-corrected chi connectivity index (χ1v) is 7.53. The normalized spacial score (nSPS) is 17.7. The molecule has 14 heteroatoms. The third kappa shape index (κ3) is 15.9. The summed E-state index contributed by atoms with van der Waals surface area (Å²) in [5.41, 5.74) is 0. The van der Waals surface area contributed by atoms with Gasteiger partial charge in [-0.3, -0.25) is 0 Å². The molecule has 0 aliphatic heterocycles. The van der Waals surface area contributed by atoms with Crippen LogP contribution in [-0.2, 0) is 18.0 Å². The number of hydrogen-bond acceptors (Lipinski definition) is 6. The Kier molecular flexibility index (Phi) is 6.94. The highest BCUT2D eigenvalue weighted by Gasteiger charge is 2.31. The van der Waals surface area contributed by atoms with Crippen LogP contribution < -0.4 is 0 Å². The quantitative estimate of drug-likeness (QED) is 0.406. The fourth-order valence-electron chi connectivity index (χ4n) is 0.187. The molecule has 2 atom stereocenters. The van der Waals surface area contributed by atoms with Gasteiger partial charge in [-0.2, -0.15) is 10.5 Å². The van der Waals surface area contributed by atoms with Crippen molar-refractivity contribution in [2.45, 2.75) is 0 Å². The van der Waals surface area contributed by atoms with Crippen LogP contribution in [0, 0.1) is 22.1 Å². The van der Waals surface area contributed by atoms with E-state index in [0.717, 1.165) is 11.6 Å². The molecule has 0 saturated heterocycles. The fraction of sp³-hybridized carbons (Fsp3) is 0. The predicted molar refractivity (Wildman–Crippen MR) is 46.2 cm³/mol. The van der Waals surface area contributed by atoms with E-state index < -0.39 is 23.0 Å². The van der Waals surface area contributed by atoms with Crippen LogP contribution in [0.15, 0.2) is 0 Å². The third-order valence-corrected chi connectivity index (χ3v) is 2.75. The summed E-state index contributed by atoms with van der Waals surface area (Å²) < 4.78 is 32.8. The fourth-order valence-corrected chi connectivity index (χ4v) is 1.68. The summed E-state index contributed by atoms with van der Waals surface area (Å²) in [6.45, 7) is 0. The maximum atomic E-state index is 10.2. The van der Waals surface area contributed by atoms with Crippen LogP contribution in [0.5, 0.6) is 0 Å². The van der Waals surface area contributed by atoms with Gasteiger partial charge in [-0.15, -0.1) is 0 Å². The summed E-state index contributed by atoms with van der Waals surface area (Å²) in [7, 11) is -14.1. The molecule has 2 unspecified atom stereocenters. The smallest absolute Gasteiger partial charge is 0.313 e. The zero-order valence-corrected chi connectivity index (χ0v) is 9.79. The molecule has 5 N–H and O–H groups in total. The highest BCUT2D eigenvalue weighted by Crippen LogP contribution is 2.57. The molecule has 11 nitrogen and oxygen atoms in total. The molecule has 0 rings (SSSR count). The molecule has 0 amide bonds. The van der Waals surface area contributed by atoms with Crippen LogP contribution in [0.3, 0.4) is 0 Å². The van der Waals surface area contributed by atoms with Crippen LogP contribution in [0.1, 0.15) is 0 Å². The van der Waals surface area contributed by atoms with E-state index in [-0.39, 0.29) is 0 Å². The highest BCUT2D eigenvalue weighted by molar-refractivity contribution is 7.71. The average Bonchev–Trinajstić information content (AvgIpc) is 2.00. The number of rotatable bonds is 2. The summed E-state index contributed by atoms with van der Waals surface area (Å²) in [6, 6.07) is 0. The van der Waals surface area contributed by atoms with Crippen LogP contribution in [0.25, 0.3) is 0 Å². The van der Waals surface area contributed by atoms with Crippen molar-refractivity contribution in [2.75, 3.05) is 0 Å². The number of nitriles is 2. The zero-order chi connectivity index (χ0) is 13.6. The second kappa shape index (κ2) is 6.24. The predicted octanol–water partition coefficient (Wildman–Crippen LogP) is -0.593. The first kappa shape index (κ1) is 17.8. The number of hydrogen-bond donors (Lipinski definition) is 5. The van der Waals surface area contributed by atoms with Crippen LogP contribution in [0.2, 0.25) is 0 Å². The standard InChI is InChI=1S/C2H2N2O5P2.H3O4P/c3-1-10(5,6)9-11(7,8)2-4;1-5(2,3)4/h(H,5,6)(H,7,8);(H3,1,2,3,4). The lowest BCUT2D eigenvalue weighted by molar-refractivity contribution is 0.275. The van der Waals surface area contributed by atoms with Gasteiger partial charge >= 0.3 is 23.0 Å². The van der Waals surface area contributed by atoms with E-state index in [1.54, 1.807) is 0 Å². The van der Waals surface area contributed by atoms with Crippen molar-refractivity contribution < 1.29 is 42.5 Å². The molecule has 16 heavy (non-hydrogen) atoms. The van der Waals surface area contributed by atoms with Gasteiger partial charge in [0.05, 0.1) is 0 Å². The Hall–Kier alpha value is -0.570. The lowest BCUT2D eigenvalue weighted by atomic mass is 11.8. The Balaban J connectivity index is 0. The zero-order valence-electron chi connectivity index (χ0n) is 7.11. The Bertz CT molecular complexity index is 410. The summed E-state index contributed by atoms with van der Waals surface area (Å²) in [5, 5.41) is 15.6.